The average Bonchev–Trinajstić information content (AvgIpc) is 3.13. The molecule has 0 radical (unpaired) electrons. The Morgan fingerprint density at radius 1 is 1.35 bits per heavy atom. The number of benzene rings is 1. The second-order valence-corrected chi connectivity index (χ2v) is 5.21. The summed E-state index contributed by atoms with van der Waals surface area (Å²) >= 11 is 0. The largest absolute Gasteiger partial charge is 0.465 e. The summed E-state index contributed by atoms with van der Waals surface area (Å²) in [7, 11) is 0. The minimum Gasteiger partial charge on any atom is -0.465 e. The fraction of sp³-hybridized carbons (Fsp3) is 0.533. The van der Waals surface area contributed by atoms with E-state index in [9.17, 15) is 4.79 Å². The number of esters is 1. The van der Waals surface area contributed by atoms with Gasteiger partial charge in [-0.1, -0.05) is 24.3 Å². The highest BCUT2D eigenvalue weighted by molar-refractivity contribution is 5.82. The molecule has 1 aliphatic rings. The van der Waals surface area contributed by atoms with Gasteiger partial charge < -0.3 is 4.74 Å². The van der Waals surface area contributed by atoms with Crippen LogP contribution in [0, 0.1) is 0 Å². The molecule has 2 heteroatoms. The van der Waals surface area contributed by atoms with Crippen LogP contribution in [0.1, 0.15) is 50.7 Å². The van der Waals surface area contributed by atoms with Crippen molar-refractivity contribution in [3.05, 3.63) is 35.4 Å². The van der Waals surface area contributed by atoms with Gasteiger partial charge in [-0.05, 0) is 50.7 Å². The Balaban J connectivity index is 2.34. The zero-order chi connectivity index (χ0) is 12.5. The molecule has 0 saturated heterocycles. The molecular formula is C15H20O2. The minimum absolute atomic E-state index is 0.131. The molecule has 1 saturated carbocycles. The van der Waals surface area contributed by atoms with Crippen LogP contribution in [-0.2, 0) is 14.9 Å². The molecule has 0 atom stereocenters. The summed E-state index contributed by atoms with van der Waals surface area (Å²) in [5.41, 5.74) is 1.90. The van der Waals surface area contributed by atoms with E-state index in [1.54, 1.807) is 0 Å². The smallest absolute Gasteiger partial charge is 0.315 e. The van der Waals surface area contributed by atoms with Crippen molar-refractivity contribution in [2.45, 2.75) is 44.9 Å². The first-order chi connectivity index (χ1) is 8.07. The quantitative estimate of drug-likeness (QED) is 0.744. The van der Waals surface area contributed by atoms with Crippen molar-refractivity contribution in [3.8, 4) is 0 Å². The SMILES string of the molecule is CCOC(=O)C(C)(C)c1ccccc1C1CC1. The van der Waals surface area contributed by atoms with Crippen LogP contribution in [0.3, 0.4) is 0 Å². The highest BCUT2D eigenvalue weighted by Gasteiger charge is 2.36. The first-order valence-electron chi connectivity index (χ1n) is 6.34. The Kier molecular flexibility index (Phi) is 3.23. The van der Waals surface area contributed by atoms with Gasteiger partial charge in [0.05, 0.1) is 12.0 Å². The molecular weight excluding hydrogens is 212 g/mol. The Hall–Kier alpha value is -1.31. The summed E-state index contributed by atoms with van der Waals surface area (Å²) in [5, 5.41) is 0. The van der Waals surface area contributed by atoms with Crippen molar-refractivity contribution >= 4 is 5.97 Å². The maximum Gasteiger partial charge on any atom is 0.315 e. The Morgan fingerprint density at radius 3 is 2.59 bits per heavy atom. The Labute approximate surface area is 103 Å². The van der Waals surface area contributed by atoms with E-state index in [0.717, 1.165) is 5.56 Å². The topological polar surface area (TPSA) is 26.3 Å². The van der Waals surface area contributed by atoms with E-state index in [4.69, 9.17) is 4.74 Å². The lowest BCUT2D eigenvalue weighted by Crippen LogP contribution is -2.32. The van der Waals surface area contributed by atoms with Crippen molar-refractivity contribution in [1.82, 2.24) is 0 Å². The lowest BCUT2D eigenvalue weighted by molar-refractivity contribution is -0.148. The lowest BCUT2D eigenvalue weighted by atomic mass is 9.80. The van der Waals surface area contributed by atoms with Gasteiger partial charge in [-0.2, -0.15) is 0 Å². The van der Waals surface area contributed by atoms with Crippen LogP contribution in [0.4, 0.5) is 0 Å². The monoisotopic (exact) mass is 232 g/mol. The van der Waals surface area contributed by atoms with Crippen LogP contribution in [0.25, 0.3) is 0 Å². The summed E-state index contributed by atoms with van der Waals surface area (Å²) in [4.78, 5) is 12.0. The average molecular weight is 232 g/mol. The first kappa shape index (κ1) is 12.2. The summed E-state index contributed by atoms with van der Waals surface area (Å²) in [6.07, 6.45) is 2.49. The van der Waals surface area contributed by atoms with Crippen LogP contribution >= 0.6 is 0 Å². The van der Waals surface area contributed by atoms with Crippen molar-refractivity contribution in [1.29, 1.82) is 0 Å². The van der Waals surface area contributed by atoms with Crippen molar-refractivity contribution in [2.75, 3.05) is 6.61 Å². The number of ether oxygens (including phenoxy) is 1. The van der Waals surface area contributed by atoms with Gasteiger partial charge in [0.15, 0.2) is 0 Å². The molecule has 0 amide bonds. The third kappa shape index (κ3) is 2.36. The highest BCUT2D eigenvalue weighted by atomic mass is 16.5. The summed E-state index contributed by atoms with van der Waals surface area (Å²) in [6.45, 7) is 6.19. The van der Waals surface area contributed by atoms with Gasteiger partial charge in [-0.25, -0.2) is 0 Å². The van der Waals surface area contributed by atoms with Gasteiger partial charge in [-0.3, -0.25) is 4.79 Å². The molecule has 2 rings (SSSR count). The van der Waals surface area contributed by atoms with Crippen molar-refractivity contribution in [2.24, 2.45) is 0 Å². The van der Waals surface area contributed by atoms with Crippen LogP contribution in [0.15, 0.2) is 24.3 Å². The standard InChI is InChI=1S/C15H20O2/c1-4-17-14(16)15(2,3)13-8-6-5-7-12(13)11-9-10-11/h5-8,11H,4,9-10H2,1-3H3. The Bertz CT molecular complexity index is 417. The summed E-state index contributed by atoms with van der Waals surface area (Å²) in [5.74, 6) is 0.521. The van der Waals surface area contributed by atoms with E-state index in [2.05, 4.69) is 18.2 Å². The number of hydrogen-bond acceptors (Lipinski definition) is 2. The number of hydrogen-bond donors (Lipinski definition) is 0. The molecule has 0 spiro atoms. The lowest BCUT2D eigenvalue weighted by Gasteiger charge is -2.25. The van der Waals surface area contributed by atoms with Crippen LogP contribution in [-0.4, -0.2) is 12.6 Å². The molecule has 1 aromatic rings. The molecule has 92 valence electrons. The van der Waals surface area contributed by atoms with Crippen LogP contribution in [0.2, 0.25) is 0 Å². The predicted molar refractivity (Wildman–Crippen MR) is 68.1 cm³/mol. The molecule has 1 aromatic carbocycles. The van der Waals surface area contributed by atoms with Crippen molar-refractivity contribution < 1.29 is 9.53 Å². The van der Waals surface area contributed by atoms with Gasteiger partial charge in [0.25, 0.3) is 0 Å². The summed E-state index contributed by atoms with van der Waals surface area (Å²) in [6, 6.07) is 8.26. The third-order valence-corrected chi connectivity index (χ3v) is 3.44. The zero-order valence-electron chi connectivity index (χ0n) is 10.8. The maximum absolute atomic E-state index is 12.0. The molecule has 0 aliphatic heterocycles. The van der Waals surface area contributed by atoms with E-state index in [1.807, 2.05) is 26.8 Å². The molecule has 2 nitrogen and oxygen atoms in total. The minimum atomic E-state index is -0.546. The normalized spacial score (nSPS) is 15.7. The highest BCUT2D eigenvalue weighted by Crippen LogP contribution is 2.44. The van der Waals surface area contributed by atoms with Crippen LogP contribution < -0.4 is 0 Å². The molecule has 0 aromatic heterocycles. The molecule has 0 unspecified atom stereocenters. The van der Waals surface area contributed by atoms with E-state index in [-0.39, 0.29) is 5.97 Å². The number of carbonyl (C=O) groups excluding carboxylic acids is 1. The van der Waals surface area contributed by atoms with Gasteiger partial charge in [-0.15, -0.1) is 0 Å². The van der Waals surface area contributed by atoms with Gasteiger partial charge in [0, 0.05) is 0 Å². The molecule has 1 fully saturated rings. The summed E-state index contributed by atoms with van der Waals surface area (Å²) < 4.78 is 5.18. The molecule has 1 aliphatic carbocycles. The van der Waals surface area contributed by atoms with Gasteiger partial charge in [0.2, 0.25) is 0 Å². The second kappa shape index (κ2) is 4.52. The van der Waals surface area contributed by atoms with Crippen LogP contribution in [0.5, 0.6) is 0 Å². The molecule has 0 heterocycles. The predicted octanol–water partition coefficient (Wildman–Crippen LogP) is 3.40. The molecule has 17 heavy (non-hydrogen) atoms. The second-order valence-electron chi connectivity index (χ2n) is 5.21. The number of rotatable bonds is 4. The third-order valence-electron chi connectivity index (χ3n) is 3.44. The zero-order valence-corrected chi connectivity index (χ0v) is 10.8. The Morgan fingerprint density at radius 2 is 2.00 bits per heavy atom. The van der Waals surface area contributed by atoms with E-state index in [0.29, 0.717) is 12.5 Å². The molecule has 0 bridgehead atoms. The molecule has 0 N–H and O–H groups in total. The fourth-order valence-electron chi connectivity index (χ4n) is 2.24. The van der Waals surface area contributed by atoms with Crippen molar-refractivity contribution in [3.63, 3.8) is 0 Å². The first-order valence-corrected chi connectivity index (χ1v) is 6.34. The van der Waals surface area contributed by atoms with E-state index < -0.39 is 5.41 Å². The maximum atomic E-state index is 12.0. The fourth-order valence-corrected chi connectivity index (χ4v) is 2.24. The van der Waals surface area contributed by atoms with E-state index in [1.165, 1.54) is 18.4 Å². The van der Waals surface area contributed by atoms with E-state index >= 15 is 0 Å². The van der Waals surface area contributed by atoms with Gasteiger partial charge in [0.1, 0.15) is 0 Å². The number of carbonyl (C=O) groups is 1. The van der Waals surface area contributed by atoms with Gasteiger partial charge >= 0.3 is 5.97 Å².